The van der Waals surface area contributed by atoms with E-state index in [4.69, 9.17) is 0 Å². The highest BCUT2D eigenvalue weighted by atomic mass is 32.5. The Labute approximate surface area is 50.4 Å². The molecule has 0 aromatic heterocycles. The maximum Gasteiger partial charge on any atom is 0.386 e. The monoisotopic (exact) mass is 191 g/mol. The molecule has 0 amide bonds. The largest absolute Gasteiger partial charge is 0.386 e. The maximum absolute atomic E-state index is 10.8. The fourth-order valence-electron chi connectivity index (χ4n) is 0.130. The van der Waals surface area contributed by atoms with Gasteiger partial charge in [0, 0.05) is 0 Å². The van der Waals surface area contributed by atoms with E-state index in [9.17, 15) is 28.2 Å². The summed E-state index contributed by atoms with van der Waals surface area (Å²) in [6, 6.07) is 0. The van der Waals surface area contributed by atoms with Crippen LogP contribution in [0.15, 0.2) is 4.40 Å². The second-order valence-corrected chi connectivity index (χ2v) is 3.30. The van der Waals surface area contributed by atoms with Crippen LogP contribution in [0.3, 0.4) is 0 Å². The minimum absolute atomic E-state index is 0.0417. The lowest BCUT2D eigenvalue weighted by atomic mass is 11.5. The molecule has 0 aliphatic rings. The SMILES string of the molecule is FC(F)=NS(F)(F)(F)(F)F. The first-order chi connectivity index (χ1) is 3.89. The molecule has 0 N–H and O–H groups in total. The van der Waals surface area contributed by atoms with Crippen molar-refractivity contribution >= 4 is 16.6 Å². The van der Waals surface area contributed by atoms with E-state index in [0.717, 1.165) is 0 Å². The standard InChI is InChI=1S/CF7NS/c2-1(3)9-10(4,5,6,7)8. The first-order valence-corrected chi connectivity index (χ1v) is 3.46. The van der Waals surface area contributed by atoms with Crippen molar-refractivity contribution in [2.75, 3.05) is 0 Å². The van der Waals surface area contributed by atoms with Crippen LogP contribution < -0.4 is 0 Å². The predicted octanol–water partition coefficient (Wildman–Crippen LogP) is 3.49. The topological polar surface area (TPSA) is 12.4 Å². The van der Waals surface area contributed by atoms with E-state index in [1.54, 1.807) is 0 Å². The molecule has 0 saturated heterocycles. The van der Waals surface area contributed by atoms with E-state index >= 15 is 0 Å². The molecule has 0 atom stereocenters. The summed E-state index contributed by atoms with van der Waals surface area (Å²) < 4.78 is 75.2. The second kappa shape index (κ2) is 1.41. The fraction of sp³-hybridized carbons (Fsp3) is 0. The van der Waals surface area contributed by atoms with Gasteiger partial charge in [-0.2, -0.15) is 0 Å². The molecule has 0 radical (unpaired) electrons. The highest BCUT2D eigenvalue weighted by Gasteiger charge is 2.65. The van der Waals surface area contributed by atoms with Crippen molar-refractivity contribution in [1.82, 2.24) is 0 Å². The van der Waals surface area contributed by atoms with E-state index in [2.05, 4.69) is 0 Å². The van der Waals surface area contributed by atoms with E-state index < -0.39 is 16.6 Å². The van der Waals surface area contributed by atoms with Crippen LogP contribution in [0.4, 0.5) is 28.2 Å². The average molecular weight is 191 g/mol. The van der Waals surface area contributed by atoms with Gasteiger partial charge in [-0.05, 0) is 0 Å². The summed E-state index contributed by atoms with van der Waals surface area (Å²) >= 11 is 0. The first kappa shape index (κ1) is 9.53. The summed E-state index contributed by atoms with van der Waals surface area (Å²) in [7, 11) is -10.3. The second-order valence-electron chi connectivity index (χ2n) is 1.26. The number of nitrogens with zero attached hydrogens (tertiary/aromatic N) is 1. The third-order valence-corrected chi connectivity index (χ3v) is 0.725. The third kappa shape index (κ3) is 7.53. The Bertz CT molecular complexity index is 167. The molecule has 1 nitrogen and oxygen atoms in total. The lowest BCUT2D eigenvalue weighted by Gasteiger charge is -2.33. The quantitative estimate of drug-likeness (QED) is 0.444. The minimum Gasteiger partial charge on any atom is -0.150 e. The molecule has 0 rings (SSSR count). The van der Waals surface area contributed by atoms with Gasteiger partial charge in [0.15, 0.2) is 0 Å². The third-order valence-electron chi connectivity index (χ3n) is 0.242. The Balaban J connectivity index is 4.96. The Hall–Kier alpha value is -0.470. The van der Waals surface area contributed by atoms with E-state index in [1.807, 2.05) is 0 Å². The molecule has 0 saturated carbocycles. The van der Waals surface area contributed by atoms with Crippen molar-refractivity contribution in [2.24, 2.45) is 4.40 Å². The van der Waals surface area contributed by atoms with Crippen LogP contribution in [0.2, 0.25) is 0 Å². The predicted molar refractivity (Wildman–Crippen MR) is 22.8 cm³/mol. The van der Waals surface area contributed by atoms with Gasteiger partial charge in [-0.1, -0.05) is 23.8 Å². The summed E-state index contributed by atoms with van der Waals surface area (Å²) in [5.74, 6) is 0. The van der Waals surface area contributed by atoms with Crippen molar-refractivity contribution in [3.8, 4) is 0 Å². The summed E-state index contributed by atoms with van der Waals surface area (Å²) in [5.41, 5.74) is 0. The molecule has 64 valence electrons. The Morgan fingerprint density at radius 1 is 0.900 bits per heavy atom. The normalized spacial score (nSPS) is 19.1. The van der Waals surface area contributed by atoms with Crippen LogP contribution >= 0.6 is 10.4 Å². The van der Waals surface area contributed by atoms with Gasteiger partial charge in [0.25, 0.3) is 0 Å². The zero-order chi connectivity index (χ0) is 8.69. The van der Waals surface area contributed by atoms with Crippen molar-refractivity contribution in [2.45, 2.75) is 0 Å². The number of hydrogen-bond donors (Lipinski definition) is 0. The lowest BCUT2D eigenvalue weighted by Crippen LogP contribution is -2.01. The molecule has 0 bridgehead atoms. The van der Waals surface area contributed by atoms with Gasteiger partial charge >= 0.3 is 16.6 Å². The van der Waals surface area contributed by atoms with Crippen LogP contribution in [0.25, 0.3) is 0 Å². The minimum atomic E-state index is -10.3. The van der Waals surface area contributed by atoms with Crippen molar-refractivity contribution < 1.29 is 28.2 Å². The van der Waals surface area contributed by atoms with Gasteiger partial charge in [-0.15, -0.1) is 8.78 Å². The number of rotatable bonds is 1. The molecular weight excluding hydrogens is 191 g/mol. The van der Waals surface area contributed by atoms with Gasteiger partial charge in [0.05, 0.1) is 0 Å². The number of halogens is 7. The molecule has 0 unspecified atom stereocenters. The molecule has 0 spiro atoms. The molecule has 0 aliphatic heterocycles. The van der Waals surface area contributed by atoms with Gasteiger partial charge in [0.1, 0.15) is 0 Å². The average Bonchev–Trinajstić information content (AvgIpc) is 1.12. The highest BCUT2D eigenvalue weighted by Crippen LogP contribution is 2.99. The molecule has 9 heteroatoms. The zero-order valence-corrected chi connectivity index (χ0v) is 4.82. The number of hydrogen-bond acceptors (Lipinski definition) is 1. The van der Waals surface area contributed by atoms with Crippen molar-refractivity contribution in [3.05, 3.63) is 0 Å². The van der Waals surface area contributed by atoms with E-state index in [1.165, 1.54) is 0 Å². The molecule has 0 aromatic carbocycles. The molecule has 0 aromatic rings. The summed E-state index contributed by atoms with van der Waals surface area (Å²) in [6.45, 7) is 0. The smallest absolute Gasteiger partial charge is 0.150 e. The summed E-state index contributed by atoms with van der Waals surface area (Å²) in [5, 5.41) is 0. The van der Waals surface area contributed by atoms with Crippen molar-refractivity contribution in [1.29, 1.82) is 0 Å². The van der Waals surface area contributed by atoms with Gasteiger partial charge in [-0.3, -0.25) is 0 Å². The summed E-state index contributed by atoms with van der Waals surface area (Å²) in [6.07, 6.45) is -3.70. The highest BCUT2D eigenvalue weighted by molar-refractivity contribution is 8.44. The maximum atomic E-state index is 10.8. The van der Waals surface area contributed by atoms with Gasteiger partial charge < -0.3 is 0 Å². The first-order valence-electron chi connectivity index (χ1n) is 1.56. The molecule has 10 heavy (non-hydrogen) atoms. The lowest BCUT2D eigenvalue weighted by molar-refractivity contribution is 0.364. The Kier molecular flexibility index (Phi) is 1.34. The van der Waals surface area contributed by atoms with Crippen LogP contribution in [-0.2, 0) is 0 Å². The van der Waals surface area contributed by atoms with Gasteiger partial charge in [-0.25, -0.2) is 0 Å². The summed E-state index contributed by atoms with van der Waals surface area (Å²) in [4.78, 5) is 0. The fourth-order valence-corrected chi connectivity index (χ4v) is 0.391. The van der Waals surface area contributed by atoms with Crippen LogP contribution in [0, 0.1) is 0 Å². The van der Waals surface area contributed by atoms with E-state index in [0.29, 0.717) is 0 Å². The Morgan fingerprint density at radius 2 is 1.20 bits per heavy atom. The molecule has 0 aliphatic carbocycles. The zero-order valence-electron chi connectivity index (χ0n) is 4.00. The van der Waals surface area contributed by atoms with Crippen LogP contribution in [-0.4, -0.2) is 6.22 Å². The molecule has 0 fully saturated rings. The van der Waals surface area contributed by atoms with Gasteiger partial charge in [0.2, 0.25) is 0 Å². The van der Waals surface area contributed by atoms with Crippen LogP contribution in [0.5, 0.6) is 0 Å². The molecule has 0 heterocycles. The van der Waals surface area contributed by atoms with E-state index in [-0.39, 0.29) is 4.40 Å². The van der Waals surface area contributed by atoms with Crippen molar-refractivity contribution in [3.63, 3.8) is 0 Å². The molecular formula is CF7NS. The Morgan fingerprint density at radius 3 is 1.20 bits per heavy atom. The van der Waals surface area contributed by atoms with Crippen LogP contribution in [0.1, 0.15) is 0 Å².